The molecule has 1 heterocycles. The molecule has 19 heavy (non-hydrogen) atoms. The van der Waals surface area contributed by atoms with E-state index in [1.807, 2.05) is 6.92 Å². The molecule has 0 saturated heterocycles. The van der Waals surface area contributed by atoms with Crippen molar-refractivity contribution in [3.8, 4) is 11.3 Å². The topological polar surface area (TPSA) is 101 Å². The maximum atomic E-state index is 10.9. The van der Waals surface area contributed by atoms with Crippen LogP contribution in [0.1, 0.15) is 12.6 Å². The number of carbonyl (C=O) groups is 1. The van der Waals surface area contributed by atoms with Gasteiger partial charge in [0.1, 0.15) is 0 Å². The Morgan fingerprint density at radius 3 is 2.53 bits per heavy atom. The van der Waals surface area contributed by atoms with E-state index in [0.29, 0.717) is 11.6 Å². The fourth-order valence-corrected chi connectivity index (χ4v) is 1.71. The van der Waals surface area contributed by atoms with Crippen LogP contribution in [-0.4, -0.2) is 20.8 Å². The number of nitro benzene ring substituents is 1. The summed E-state index contributed by atoms with van der Waals surface area (Å²) in [6.45, 7) is 3.21. The van der Waals surface area contributed by atoms with Crippen LogP contribution in [0.15, 0.2) is 24.3 Å². The summed E-state index contributed by atoms with van der Waals surface area (Å²) in [5.41, 5.74) is 2.20. The fraction of sp³-hybridized carbons (Fsp3) is 0.167. The Bertz CT molecular complexity index is 631. The number of carbonyl (C=O) groups excluding carboxylic acids is 1. The highest BCUT2D eigenvalue weighted by molar-refractivity contribution is 5.87. The summed E-state index contributed by atoms with van der Waals surface area (Å²) >= 11 is 0. The zero-order valence-electron chi connectivity index (χ0n) is 10.4. The number of nitrogens with one attached hydrogen (secondary N) is 2. The first-order valence-corrected chi connectivity index (χ1v) is 5.56. The minimum absolute atomic E-state index is 0.0269. The lowest BCUT2D eigenvalue weighted by atomic mass is 10.1. The summed E-state index contributed by atoms with van der Waals surface area (Å²) < 4.78 is 0. The second kappa shape index (κ2) is 4.89. The molecule has 7 nitrogen and oxygen atoms in total. The molecule has 0 aliphatic carbocycles. The number of nitrogens with zero attached hydrogens (tertiary/aromatic N) is 2. The third kappa shape index (κ3) is 2.76. The van der Waals surface area contributed by atoms with Crippen molar-refractivity contribution in [2.24, 2.45) is 0 Å². The molecule has 0 spiro atoms. The molecule has 7 heteroatoms. The van der Waals surface area contributed by atoms with E-state index in [2.05, 4.69) is 15.3 Å². The molecule has 0 radical (unpaired) electrons. The molecular formula is C12H12N4O3. The maximum absolute atomic E-state index is 10.9. The zero-order chi connectivity index (χ0) is 14.0. The molecule has 0 aliphatic heterocycles. The highest BCUT2D eigenvalue weighted by atomic mass is 16.6. The molecule has 0 fully saturated rings. The SMILES string of the molecule is CC(=O)Nc1nc(-c2ccc([N+](=O)[O-])cc2)c(C)[nH]1. The van der Waals surface area contributed by atoms with Crippen LogP contribution in [0.2, 0.25) is 0 Å². The van der Waals surface area contributed by atoms with E-state index in [1.165, 1.54) is 19.1 Å². The van der Waals surface area contributed by atoms with Crippen molar-refractivity contribution in [3.05, 3.63) is 40.1 Å². The number of rotatable bonds is 3. The number of aromatic nitrogens is 2. The molecule has 98 valence electrons. The van der Waals surface area contributed by atoms with Gasteiger partial charge in [0.05, 0.1) is 10.6 Å². The molecule has 0 unspecified atom stereocenters. The van der Waals surface area contributed by atoms with Crippen LogP contribution in [0, 0.1) is 17.0 Å². The minimum Gasteiger partial charge on any atom is -0.328 e. The number of H-pyrrole nitrogens is 1. The number of non-ortho nitro benzene ring substituents is 1. The summed E-state index contributed by atoms with van der Waals surface area (Å²) in [6, 6.07) is 6.08. The number of aromatic amines is 1. The van der Waals surface area contributed by atoms with Crippen LogP contribution < -0.4 is 5.32 Å². The lowest BCUT2D eigenvalue weighted by Gasteiger charge is -1.98. The number of nitro groups is 1. The summed E-state index contributed by atoms with van der Waals surface area (Å²) in [6.07, 6.45) is 0. The number of hydrogen-bond acceptors (Lipinski definition) is 4. The monoisotopic (exact) mass is 260 g/mol. The standard InChI is InChI=1S/C12H12N4O3/c1-7-11(15-12(13-7)14-8(2)17)9-3-5-10(6-4-9)16(18)19/h3-6H,1-2H3,(H2,13,14,15,17). The first-order chi connectivity index (χ1) is 8.97. The number of benzene rings is 1. The third-order valence-electron chi connectivity index (χ3n) is 2.53. The number of amides is 1. The molecule has 0 saturated carbocycles. The van der Waals surface area contributed by atoms with Crippen LogP contribution >= 0.6 is 0 Å². The van der Waals surface area contributed by atoms with Crippen LogP contribution in [-0.2, 0) is 4.79 Å². The van der Waals surface area contributed by atoms with Gasteiger partial charge in [-0.1, -0.05) is 0 Å². The molecule has 2 aromatic rings. The van der Waals surface area contributed by atoms with Crippen molar-refractivity contribution >= 4 is 17.5 Å². The van der Waals surface area contributed by atoms with Gasteiger partial charge in [-0.3, -0.25) is 20.2 Å². The second-order valence-corrected chi connectivity index (χ2v) is 4.04. The number of anilines is 1. The molecular weight excluding hydrogens is 248 g/mol. The van der Waals surface area contributed by atoms with Gasteiger partial charge in [-0.25, -0.2) is 4.98 Å². The van der Waals surface area contributed by atoms with Crippen LogP contribution in [0.25, 0.3) is 11.3 Å². The average molecular weight is 260 g/mol. The van der Waals surface area contributed by atoms with Crippen molar-refractivity contribution in [2.75, 3.05) is 5.32 Å². The van der Waals surface area contributed by atoms with Gasteiger partial charge in [-0.2, -0.15) is 0 Å². The normalized spacial score (nSPS) is 10.2. The number of imidazole rings is 1. The Morgan fingerprint density at radius 2 is 2.00 bits per heavy atom. The van der Waals surface area contributed by atoms with Gasteiger partial charge in [0, 0.05) is 30.3 Å². The van der Waals surface area contributed by atoms with Gasteiger partial charge < -0.3 is 4.98 Å². The third-order valence-corrected chi connectivity index (χ3v) is 2.53. The smallest absolute Gasteiger partial charge is 0.269 e. The predicted octanol–water partition coefficient (Wildman–Crippen LogP) is 2.25. The second-order valence-electron chi connectivity index (χ2n) is 4.04. The van der Waals surface area contributed by atoms with Gasteiger partial charge in [0.25, 0.3) is 5.69 Å². The molecule has 0 aliphatic rings. The van der Waals surface area contributed by atoms with E-state index in [4.69, 9.17) is 0 Å². The molecule has 1 aromatic heterocycles. The van der Waals surface area contributed by atoms with E-state index in [9.17, 15) is 14.9 Å². The first-order valence-electron chi connectivity index (χ1n) is 5.56. The van der Waals surface area contributed by atoms with Crippen molar-refractivity contribution in [2.45, 2.75) is 13.8 Å². The minimum atomic E-state index is -0.454. The first kappa shape index (κ1) is 12.7. The summed E-state index contributed by atoms with van der Waals surface area (Å²) in [5, 5.41) is 13.1. The Labute approximate surface area is 108 Å². The largest absolute Gasteiger partial charge is 0.328 e. The Hall–Kier alpha value is -2.70. The van der Waals surface area contributed by atoms with Crippen molar-refractivity contribution in [3.63, 3.8) is 0 Å². The summed E-state index contributed by atoms with van der Waals surface area (Å²) in [7, 11) is 0. The van der Waals surface area contributed by atoms with Crippen molar-refractivity contribution < 1.29 is 9.72 Å². The molecule has 1 aromatic carbocycles. The average Bonchev–Trinajstić information content (AvgIpc) is 2.69. The lowest BCUT2D eigenvalue weighted by Crippen LogP contribution is -2.06. The van der Waals surface area contributed by atoms with Gasteiger partial charge in [-0.15, -0.1) is 0 Å². The van der Waals surface area contributed by atoms with Crippen molar-refractivity contribution in [1.29, 1.82) is 0 Å². The van der Waals surface area contributed by atoms with Gasteiger partial charge in [0.15, 0.2) is 0 Å². The number of aryl methyl sites for hydroxylation is 1. The highest BCUT2D eigenvalue weighted by Crippen LogP contribution is 2.24. The molecule has 0 atom stereocenters. The summed E-state index contributed by atoms with van der Waals surface area (Å²) in [4.78, 5) is 28.2. The van der Waals surface area contributed by atoms with Gasteiger partial charge >= 0.3 is 0 Å². The van der Waals surface area contributed by atoms with Crippen LogP contribution in [0.5, 0.6) is 0 Å². The van der Waals surface area contributed by atoms with E-state index < -0.39 is 4.92 Å². The van der Waals surface area contributed by atoms with E-state index in [0.717, 1.165) is 11.3 Å². The lowest BCUT2D eigenvalue weighted by molar-refractivity contribution is -0.384. The highest BCUT2D eigenvalue weighted by Gasteiger charge is 2.11. The van der Waals surface area contributed by atoms with Gasteiger partial charge in [0.2, 0.25) is 11.9 Å². The van der Waals surface area contributed by atoms with Crippen molar-refractivity contribution in [1.82, 2.24) is 9.97 Å². The number of hydrogen-bond donors (Lipinski definition) is 2. The van der Waals surface area contributed by atoms with Crippen LogP contribution in [0.3, 0.4) is 0 Å². The molecule has 2 rings (SSSR count). The molecule has 1 amide bonds. The van der Waals surface area contributed by atoms with E-state index >= 15 is 0 Å². The Morgan fingerprint density at radius 1 is 1.37 bits per heavy atom. The predicted molar refractivity (Wildman–Crippen MR) is 69.7 cm³/mol. The van der Waals surface area contributed by atoms with E-state index in [-0.39, 0.29) is 11.6 Å². The quantitative estimate of drug-likeness (QED) is 0.652. The molecule has 0 bridgehead atoms. The Balaban J connectivity index is 2.33. The molecule has 2 N–H and O–H groups in total. The summed E-state index contributed by atoms with van der Waals surface area (Å²) in [5.74, 6) is 0.141. The fourth-order valence-electron chi connectivity index (χ4n) is 1.71. The van der Waals surface area contributed by atoms with Crippen LogP contribution in [0.4, 0.5) is 11.6 Å². The zero-order valence-corrected chi connectivity index (χ0v) is 10.4. The van der Waals surface area contributed by atoms with Gasteiger partial charge in [-0.05, 0) is 19.1 Å². The maximum Gasteiger partial charge on any atom is 0.269 e. The Kier molecular flexibility index (Phi) is 3.28. The van der Waals surface area contributed by atoms with E-state index in [1.54, 1.807) is 12.1 Å².